The molecule has 2 saturated heterocycles. The van der Waals surface area contributed by atoms with E-state index in [2.05, 4.69) is 12.2 Å². The third-order valence-corrected chi connectivity index (χ3v) is 5.87. The van der Waals surface area contributed by atoms with Gasteiger partial charge in [-0.15, -0.1) is 0 Å². The number of rotatable bonds is 2. The number of nitrogens with one attached hydrogen (secondary N) is 2. The molecule has 3 aliphatic rings. The molecule has 3 fully saturated rings. The number of fused-ring (bicyclic) bond motifs is 1. The van der Waals surface area contributed by atoms with Crippen molar-refractivity contribution in [2.24, 2.45) is 17.8 Å². The molecule has 0 aromatic heterocycles. The van der Waals surface area contributed by atoms with Gasteiger partial charge in [0.2, 0.25) is 0 Å². The van der Waals surface area contributed by atoms with Crippen molar-refractivity contribution in [3.63, 3.8) is 0 Å². The Balaban J connectivity index is 1.63. The van der Waals surface area contributed by atoms with Crippen molar-refractivity contribution in [2.75, 3.05) is 13.1 Å². The second-order valence-electron chi connectivity index (χ2n) is 7.35. The smallest absolute Gasteiger partial charge is 0.0874 e. The van der Waals surface area contributed by atoms with Crippen molar-refractivity contribution in [3.8, 4) is 0 Å². The highest BCUT2D eigenvalue weighted by Gasteiger charge is 2.39. The molecule has 1 saturated carbocycles. The molecule has 3 heteroatoms. The van der Waals surface area contributed by atoms with Crippen LogP contribution in [0, 0.1) is 23.0 Å². The minimum absolute atomic E-state index is 0.409. The Morgan fingerprint density at radius 3 is 2.89 bits per heavy atom. The number of hydrogen-bond acceptors (Lipinski definition) is 2. The Labute approximate surface area is 117 Å². The highest BCUT2D eigenvalue weighted by Crippen LogP contribution is 2.40. The lowest BCUT2D eigenvalue weighted by Crippen LogP contribution is -3.12. The van der Waals surface area contributed by atoms with Crippen molar-refractivity contribution < 1.29 is 5.06 Å². The van der Waals surface area contributed by atoms with Gasteiger partial charge in [0.05, 0.1) is 12.6 Å². The third-order valence-electron chi connectivity index (χ3n) is 5.87. The average Bonchev–Trinajstić information content (AvgIpc) is 2.41. The van der Waals surface area contributed by atoms with Crippen LogP contribution in [0.3, 0.4) is 0 Å². The van der Waals surface area contributed by atoms with Gasteiger partial charge in [0, 0.05) is 12.5 Å². The first kappa shape index (κ1) is 13.8. The number of quaternary nitrogens is 1. The monoisotopic (exact) mass is 266 g/mol. The second kappa shape index (κ2) is 6.11. The van der Waals surface area contributed by atoms with Gasteiger partial charge < -0.3 is 15.6 Å². The van der Waals surface area contributed by atoms with Crippen molar-refractivity contribution in [3.05, 3.63) is 5.21 Å². The molecule has 6 atom stereocenters. The van der Waals surface area contributed by atoms with Crippen LogP contribution in [-0.2, 0) is 0 Å². The molecule has 19 heavy (non-hydrogen) atoms. The topological polar surface area (TPSA) is 39.5 Å². The summed E-state index contributed by atoms with van der Waals surface area (Å²) in [6.07, 6.45) is 10.3. The molecule has 2 unspecified atom stereocenters. The summed E-state index contributed by atoms with van der Waals surface area (Å²) in [5.41, 5.74) is 0. The van der Waals surface area contributed by atoms with Crippen LogP contribution in [-0.4, -0.2) is 25.2 Å². The second-order valence-corrected chi connectivity index (χ2v) is 7.35. The molecule has 0 aromatic carbocycles. The van der Waals surface area contributed by atoms with E-state index in [1.807, 2.05) is 0 Å². The third kappa shape index (κ3) is 3.14. The summed E-state index contributed by atoms with van der Waals surface area (Å²) in [5.74, 6) is 2.52. The summed E-state index contributed by atoms with van der Waals surface area (Å²) in [6.45, 7) is 4.48. The lowest BCUT2D eigenvalue weighted by atomic mass is 9.66. The van der Waals surface area contributed by atoms with Crippen molar-refractivity contribution in [1.82, 2.24) is 5.32 Å². The fourth-order valence-corrected chi connectivity index (χ4v) is 4.96. The fraction of sp³-hybridized carbons (Fsp3) is 1.00. The highest BCUT2D eigenvalue weighted by molar-refractivity contribution is 4.92. The molecular weight excluding hydrogens is 236 g/mol. The van der Waals surface area contributed by atoms with Gasteiger partial charge in [0.1, 0.15) is 0 Å². The normalized spacial score (nSPS) is 47.7. The van der Waals surface area contributed by atoms with Gasteiger partial charge in [0.15, 0.2) is 0 Å². The number of piperidine rings is 2. The summed E-state index contributed by atoms with van der Waals surface area (Å²) in [5, 5.41) is 16.4. The van der Waals surface area contributed by atoms with Gasteiger partial charge in [-0.25, -0.2) is 0 Å². The molecule has 0 spiro atoms. The molecule has 2 heterocycles. The minimum Gasteiger partial charge on any atom is -0.634 e. The zero-order valence-corrected chi connectivity index (χ0v) is 12.4. The summed E-state index contributed by atoms with van der Waals surface area (Å²) < 4.78 is 0. The molecule has 110 valence electrons. The van der Waals surface area contributed by atoms with E-state index in [4.69, 9.17) is 0 Å². The molecule has 0 aromatic rings. The van der Waals surface area contributed by atoms with Crippen LogP contribution in [0.2, 0.25) is 0 Å². The Morgan fingerprint density at radius 2 is 2.05 bits per heavy atom. The predicted molar refractivity (Wildman–Crippen MR) is 77.9 cm³/mol. The summed E-state index contributed by atoms with van der Waals surface area (Å²) in [4.78, 5) is 0. The van der Waals surface area contributed by atoms with Crippen LogP contribution >= 0.6 is 0 Å². The van der Waals surface area contributed by atoms with E-state index in [1.54, 1.807) is 0 Å². The van der Waals surface area contributed by atoms with Crippen LogP contribution < -0.4 is 10.4 Å². The van der Waals surface area contributed by atoms with E-state index in [-0.39, 0.29) is 0 Å². The standard InChI is InChI=1S/C16H30N2O/c1-12-9-13(11-14-5-2-3-8-18(14)19)15-6-4-7-17-16(15)10-12/h12-18H,2-11H2,1H3/t12-,13+,14?,15-,16-/m0/s1. The van der Waals surface area contributed by atoms with E-state index in [9.17, 15) is 5.21 Å². The van der Waals surface area contributed by atoms with E-state index in [1.165, 1.54) is 51.5 Å². The molecule has 2 N–H and O–H groups in total. The van der Waals surface area contributed by atoms with Gasteiger partial charge in [-0.3, -0.25) is 0 Å². The number of hydrogen-bond donors (Lipinski definition) is 2. The molecule has 2 aliphatic heterocycles. The van der Waals surface area contributed by atoms with Crippen LogP contribution in [0.1, 0.15) is 58.3 Å². The predicted octanol–water partition coefficient (Wildman–Crippen LogP) is 1.73. The summed E-state index contributed by atoms with van der Waals surface area (Å²) >= 11 is 0. The minimum atomic E-state index is 0.409. The Bertz CT molecular complexity index is 296. The SMILES string of the molecule is C[C@H]1C[C@H](CC2CCCC[NH+]2[O-])[C@@H]2CCCN[C@H]2C1. The van der Waals surface area contributed by atoms with Gasteiger partial charge in [-0.05, 0) is 69.2 Å². The van der Waals surface area contributed by atoms with Crippen molar-refractivity contribution >= 4 is 0 Å². The first-order valence-electron chi connectivity index (χ1n) is 8.50. The molecule has 3 rings (SSSR count). The largest absolute Gasteiger partial charge is 0.634 e. The zero-order chi connectivity index (χ0) is 13.2. The Hall–Kier alpha value is -0.120. The van der Waals surface area contributed by atoms with Gasteiger partial charge in [0.25, 0.3) is 0 Å². The molecule has 0 bridgehead atoms. The number of hydroxylamine groups is 2. The van der Waals surface area contributed by atoms with Crippen molar-refractivity contribution in [2.45, 2.75) is 70.4 Å². The van der Waals surface area contributed by atoms with Crippen molar-refractivity contribution in [1.29, 1.82) is 0 Å². The molecule has 1 aliphatic carbocycles. The molecule has 3 nitrogen and oxygen atoms in total. The maximum Gasteiger partial charge on any atom is 0.0874 e. The van der Waals surface area contributed by atoms with E-state index >= 15 is 0 Å². The van der Waals surface area contributed by atoms with Gasteiger partial charge in [-0.2, -0.15) is 0 Å². The van der Waals surface area contributed by atoms with Crippen LogP contribution in [0.25, 0.3) is 0 Å². The maximum atomic E-state index is 12.1. The maximum absolute atomic E-state index is 12.1. The van der Waals surface area contributed by atoms with E-state index in [0.717, 1.165) is 36.8 Å². The Kier molecular flexibility index (Phi) is 4.45. The summed E-state index contributed by atoms with van der Waals surface area (Å²) in [7, 11) is 0. The quantitative estimate of drug-likeness (QED) is 0.747. The van der Waals surface area contributed by atoms with Crippen LogP contribution in [0.15, 0.2) is 0 Å². The van der Waals surface area contributed by atoms with Crippen LogP contribution in [0.4, 0.5) is 0 Å². The van der Waals surface area contributed by atoms with Gasteiger partial charge in [-0.1, -0.05) is 6.92 Å². The first-order valence-corrected chi connectivity index (χ1v) is 8.50. The lowest BCUT2D eigenvalue weighted by molar-refractivity contribution is -0.882. The molecular formula is C16H30N2O. The fourth-order valence-electron chi connectivity index (χ4n) is 4.96. The first-order chi connectivity index (χ1) is 9.24. The molecule has 0 radical (unpaired) electrons. The Morgan fingerprint density at radius 1 is 1.16 bits per heavy atom. The highest BCUT2D eigenvalue weighted by atomic mass is 16.5. The van der Waals surface area contributed by atoms with E-state index in [0.29, 0.717) is 11.1 Å². The average molecular weight is 266 g/mol. The lowest BCUT2D eigenvalue weighted by Gasteiger charge is -2.46. The summed E-state index contributed by atoms with van der Waals surface area (Å²) in [6, 6.07) is 1.16. The van der Waals surface area contributed by atoms with E-state index < -0.39 is 0 Å². The zero-order valence-electron chi connectivity index (χ0n) is 12.4. The van der Waals surface area contributed by atoms with Crippen LogP contribution in [0.5, 0.6) is 0 Å². The van der Waals surface area contributed by atoms with Gasteiger partial charge >= 0.3 is 0 Å². The molecule has 0 amide bonds.